The summed E-state index contributed by atoms with van der Waals surface area (Å²) in [6, 6.07) is 13.6. The summed E-state index contributed by atoms with van der Waals surface area (Å²) in [5, 5.41) is 11.9. The summed E-state index contributed by atoms with van der Waals surface area (Å²) in [6.07, 6.45) is -0.471. The molecule has 0 unspecified atom stereocenters. The average Bonchev–Trinajstić information content (AvgIpc) is 2.71. The fourth-order valence-corrected chi connectivity index (χ4v) is 1.98. The van der Waals surface area contributed by atoms with Gasteiger partial charge in [0.2, 0.25) is 0 Å². The van der Waals surface area contributed by atoms with Gasteiger partial charge in [0.1, 0.15) is 6.10 Å². The second-order valence-corrected chi connectivity index (χ2v) is 3.81. The van der Waals surface area contributed by atoms with Crippen LogP contribution in [-0.4, -0.2) is 5.11 Å². The van der Waals surface area contributed by atoms with Crippen LogP contribution in [-0.2, 0) is 0 Å². The van der Waals surface area contributed by atoms with Crippen LogP contribution in [0.4, 0.5) is 0 Å². The third kappa shape index (κ3) is 1.79. The van der Waals surface area contributed by atoms with Crippen molar-refractivity contribution in [3.63, 3.8) is 0 Å². The molecule has 0 aliphatic rings. The zero-order chi connectivity index (χ0) is 9.10. The molecule has 0 saturated carbocycles. The quantitative estimate of drug-likeness (QED) is 0.772. The summed E-state index contributed by atoms with van der Waals surface area (Å²) < 4.78 is 0. The van der Waals surface area contributed by atoms with Crippen LogP contribution in [0.25, 0.3) is 0 Å². The van der Waals surface area contributed by atoms with Crippen molar-refractivity contribution in [2.24, 2.45) is 0 Å². The van der Waals surface area contributed by atoms with Crippen LogP contribution in [0, 0.1) is 0 Å². The molecule has 2 aromatic rings. The molecule has 0 saturated heterocycles. The third-order valence-electron chi connectivity index (χ3n) is 1.93. The zero-order valence-electron chi connectivity index (χ0n) is 7.05. The normalized spacial score (nSPS) is 12.7. The molecular weight excluding hydrogens is 180 g/mol. The molecule has 13 heavy (non-hydrogen) atoms. The Bertz CT molecular complexity index is 353. The Morgan fingerprint density at radius 2 is 1.77 bits per heavy atom. The Morgan fingerprint density at radius 3 is 2.38 bits per heavy atom. The monoisotopic (exact) mass is 190 g/mol. The van der Waals surface area contributed by atoms with Gasteiger partial charge in [0.25, 0.3) is 0 Å². The zero-order valence-corrected chi connectivity index (χ0v) is 7.87. The molecule has 1 nitrogen and oxygen atoms in total. The molecule has 2 rings (SSSR count). The summed E-state index contributed by atoms with van der Waals surface area (Å²) in [6.45, 7) is 0. The first kappa shape index (κ1) is 8.48. The number of hydrogen-bond donors (Lipinski definition) is 1. The molecule has 1 aromatic carbocycles. The molecule has 1 N–H and O–H groups in total. The summed E-state index contributed by atoms with van der Waals surface area (Å²) in [5.41, 5.74) is 0.949. The highest BCUT2D eigenvalue weighted by Crippen LogP contribution is 2.24. The van der Waals surface area contributed by atoms with Crippen molar-refractivity contribution in [1.29, 1.82) is 0 Å². The maximum absolute atomic E-state index is 9.89. The lowest BCUT2D eigenvalue weighted by Gasteiger charge is -2.07. The summed E-state index contributed by atoms with van der Waals surface area (Å²) in [4.78, 5) is 0.992. The van der Waals surface area contributed by atoms with E-state index in [1.807, 2.05) is 47.8 Å². The minimum Gasteiger partial charge on any atom is -0.383 e. The molecule has 0 amide bonds. The van der Waals surface area contributed by atoms with E-state index in [4.69, 9.17) is 0 Å². The van der Waals surface area contributed by atoms with E-state index >= 15 is 0 Å². The van der Waals surface area contributed by atoms with Gasteiger partial charge in [-0.25, -0.2) is 0 Å². The second kappa shape index (κ2) is 3.73. The van der Waals surface area contributed by atoms with E-state index in [0.717, 1.165) is 10.4 Å². The molecule has 0 fully saturated rings. The van der Waals surface area contributed by atoms with Crippen LogP contribution in [0.1, 0.15) is 16.5 Å². The van der Waals surface area contributed by atoms with Gasteiger partial charge in [-0.05, 0) is 17.0 Å². The van der Waals surface area contributed by atoms with Gasteiger partial charge >= 0.3 is 0 Å². The molecule has 66 valence electrons. The molecule has 0 aliphatic heterocycles. The molecule has 0 spiro atoms. The van der Waals surface area contributed by atoms with Gasteiger partial charge in [-0.15, -0.1) is 11.3 Å². The van der Waals surface area contributed by atoms with Gasteiger partial charge < -0.3 is 5.11 Å². The van der Waals surface area contributed by atoms with Gasteiger partial charge in [0.05, 0.1) is 0 Å². The highest BCUT2D eigenvalue weighted by molar-refractivity contribution is 7.10. The van der Waals surface area contributed by atoms with Crippen LogP contribution in [0.5, 0.6) is 0 Å². The first-order valence-electron chi connectivity index (χ1n) is 4.14. The molecule has 0 bridgehead atoms. The van der Waals surface area contributed by atoms with Crippen molar-refractivity contribution in [2.75, 3.05) is 0 Å². The third-order valence-corrected chi connectivity index (χ3v) is 2.85. The van der Waals surface area contributed by atoms with Gasteiger partial charge in [0.15, 0.2) is 0 Å². The fraction of sp³-hybridized carbons (Fsp3) is 0.0909. The summed E-state index contributed by atoms with van der Waals surface area (Å²) in [5.74, 6) is 0. The number of thiophene rings is 1. The Kier molecular flexibility index (Phi) is 2.43. The fourth-order valence-electron chi connectivity index (χ4n) is 1.25. The molecule has 1 aromatic heterocycles. The summed E-state index contributed by atoms with van der Waals surface area (Å²) in [7, 11) is 0. The van der Waals surface area contributed by atoms with Crippen molar-refractivity contribution in [3.05, 3.63) is 58.3 Å². The standard InChI is InChI=1S/C11H10OS/c12-11(10-7-4-8-13-10)9-5-2-1-3-6-9/h1-8,11-12H/t11-/m1/s1. The maximum atomic E-state index is 9.89. The van der Waals surface area contributed by atoms with E-state index in [1.165, 1.54) is 0 Å². The van der Waals surface area contributed by atoms with Crippen LogP contribution < -0.4 is 0 Å². The van der Waals surface area contributed by atoms with Crippen molar-refractivity contribution < 1.29 is 5.11 Å². The minimum absolute atomic E-state index is 0.471. The van der Waals surface area contributed by atoms with E-state index in [1.54, 1.807) is 11.3 Å². The Morgan fingerprint density at radius 1 is 1.00 bits per heavy atom. The number of aliphatic hydroxyl groups is 1. The van der Waals surface area contributed by atoms with E-state index < -0.39 is 6.10 Å². The number of aliphatic hydroxyl groups excluding tert-OH is 1. The van der Waals surface area contributed by atoms with Crippen LogP contribution in [0.3, 0.4) is 0 Å². The van der Waals surface area contributed by atoms with E-state index in [0.29, 0.717) is 0 Å². The Balaban J connectivity index is 2.29. The number of hydrogen-bond acceptors (Lipinski definition) is 2. The second-order valence-electron chi connectivity index (χ2n) is 2.83. The Labute approximate surface area is 81.3 Å². The van der Waals surface area contributed by atoms with Gasteiger partial charge in [0, 0.05) is 4.88 Å². The molecule has 0 radical (unpaired) electrons. The van der Waals surface area contributed by atoms with Crippen molar-refractivity contribution >= 4 is 11.3 Å². The van der Waals surface area contributed by atoms with Crippen LogP contribution in [0.2, 0.25) is 0 Å². The summed E-state index contributed by atoms with van der Waals surface area (Å²) >= 11 is 1.58. The maximum Gasteiger partial charge on any atom is 0.113 e. The SMILES string of the molecule is O[C@H](c1ccccc1)c1cccs1. The number of rotatable bonds is 2. The molecular formula is C11H10OS. The predicted octanol–water partition coefficient (Wildman–Crippen LogP) is 2.83. The predicted molar refractivity (Wildman–Crippen MR) is 54.8 cm³/mol. The lowest BCUT2D eigenvalue weighted by molar-refractivity contribution is 0.224. The molecule has 1 heterocycles. The van der Waals surface area contributed by atoms with E-state index in [2.05, 4.69) is 0 Å². The average molecular weight is 190 g/mol. The Hall–Kier alpha value is -1.12. The van der Waals surface area contributed by atoms with Crippen molar-refractivity contribution in [3.8, 4) is 0 Å². The van der Waals surface area contributed by atoms with Crippen LogP contribution in [0.15, 0.2) is 47.8 Å². The highest BCUT2D eigenvalue weighted by Gasteiger charge is 2.09. The number of benzene rings is 1. The van der Waals surface area contributed by atoms with Gasteiger partial charge in [-0.2, -0.15) is 0 Å². The highest BCUT2D eigenvalue weighted by atomic mass is 32.1. The van der Waals surface area contributed by atoms with E-state index in [-0.39, 0.29) is 0 Å². The van der Waals surface area contributed by atoms with Crippen LogP contribution >= 0.6 is 11.3 Å². The largest absolute Gasteiger partial charge is 0.383 e. The molecule has 1 atom stereocenters. The van der Waals surface area contributed by atoms with E-state index in [9.17, 15) is 5.11 Å². The minimum atomic E-state index is -0.471. The first-order valence-corrected chi connectivity index (χ1v) is 5.02. The topological polar surface area (TPSA) is 20.2 Å². The molecule has 0 aliphatic carbocycles. The van der Waals surface area contributed by atoms with Gasteiger partial charge in [-0.1, -0.05) is 36.4 Å². The lowest BCUT2D eigenvalue weighted by Crippen LogP contribution is -1.95. The lowest BCUT2D eigenvalue weighted by atomic mass is 10.1. The smallest absolute Gasteiger partial charge is 0.113 e. The first-order chi connectivity index (χ1) is 6.38. The van der Waals surface area contributed by atoms with Crippen molar-refractivity contribution in [2.45, 2.75) is 6.10 Å². The van der Waals surface area contributed by atoms with Crippen molar-refractivity contribution in [1.82, 2.24) is 0 Å². The molecule has 2 heteroatoms. The van der Waals surface area contributed by atoms with Gasteiger partial charge in [-0.3, -0.25) is 0 Å².